The van der Waals surface area contributed by atoms with Gasteiger partial charge < -0.3 is 9.73 Å². The minimum Gasteiger partial charge on any atom is -0.465 e. The molecule has 0 aliphatic rings. The van der Waals surface area contributed by atoms with Gasteiger partial charge in [-0.15, -0.1) is 0 Å². The number of hydrogen-bond donors (Lipinski definition) is 1. The van der Waals surface area contributed by atoms with Crippen LogP contribution in [0.15, 0.2) is 52.9 Å². The predicted molar refractivity (Wildman–Crippen MR) is 94.0 cm³/mol. The lowest BCUT2D eigenvalue weighted by molar-refractivity contribution is 0.102. The van der Waals surface area contributed by atoms with Gasteiger partial charge in [0.1, 0.15) is 11.5 Å². The summed E-state index contributed by atoms with van der Waals surface area (Å²) in [7, 11) is 0. The Morgan fingerprint density at radius 1 is 1.04 bits per heavy atom. The maximum absolute atomic E-state index is 12.6. The van der Waals surface area contributed by atoms with E-state index < -0.39 is 0 Å². The average molecular weight is 307 g/mol. The maximum Gasteiger partial charge on any atom is 0.259 e. The molecule has 0 radical (unpaired) electrons. The SMILES string of the molecule is Cc1oc(C(C)(C)C)cc1C(=O)Nc1cccc2ccccc12. The molecule has 3 rings (SSSR count). The Hall–Kier alpha value is -2.55. The van der Waals surface area contributed by atoms with Crippen LogP contribution in [-0.2, 0) is 5.41 Å². The smallest absolute Gasteiger partial charge is 0.259 e. The van der Waals surface area contributed by atoms with E-state index in [0.29, 0.717) is 11.3 Å². The number of fused-ring (bicyclic) bond motifs is 1. The van der Waals surface area contributed by atoms with Gasteiger partial charge in [0.05, 0.1) is 5.56 Å². The number of carbonyl (C=O) groups is 1. The Morgan fingerprint density at radius 2 is 1.74 bits per heavy atom. The van der Waals surface area contributed by atoms with Crippen molar-refractivity contribution in [3.8, 4) is 0 Å². The van der Waals surface area contributed by atoms with Crippen LogP contribution in [0.5, 0.6) is 0 Å². The van der Waals surface area contributed by atoms with Crippen molar-refractivity contribution >= 4 is 22.4 Å². The Labute approximate surface area is 136 Å². The highest BCUT2D eigenvalue weighted by Crippen LogP contribution is 2.28. The molecule has 0 aliphatic carbocycles. The van der Waals surface area contributed by atoms with Gasteiger partial charge in [-0.3, -0.25) is 4.79 Å². The van der Waals surface area contributed by atoms with E-state index >= 15 is 0 Å². The van der Waals surface area contributed by atoms with E-state index in [4.69, 9.17) is 4.42 Å². The number of nitrogens with one attached hydrogen (secondary N) is 1. The van der Waals surface area contributed by atoms with Crippen LogP contribution in [0.25, 0.3) is 10.8 Å². The first-order valence-corrected chi connectivity index (χ1v) is 7.76. The molecule has 0 fully saturated rings. The number of hydrogen-bond acceptors (Lipinski definition) is 2. The van der Waals surface area contributed by atoms with Gasteiger partial charge in [0.25, 0.3) is 5.91 Å². The zero-order chi connectivity index (χ0) is 16.6. The number of carbonyl (C=O) groups excluding carboxylic acids is 1. The van der Waals surface area contributed by atoms with Crippen molar-refractivity contribution in [1.29, 1.82) is 0 Å². The summed E-state index contributed by atoms with van der Waals surface area (Å²) in [5.41, 5.74) is 1.27. The first-order chi connectivity index (χ1) is 10.9. The topological polar surface area (TPSA) is 42.2 Å². The second kappa shape index (κ2) is 5.58. The molecular formula is C20H21NO2. The number of rotatable bonds is 2. The van der Waals surface area contributed by atoms with E-state index in [2.05, 4.69) is 26.1 Å². The third-order valence-electron chi connectivity index (χ3n) is 3.94. The normalized spacial score (nSPS) is 11.7. The summed E-state index contributed by atoms with van der Waals surface area (Å²) < 4.78 is 5.76. The van der Waals surface area contributed by atoms with Gasteiger partial charge in [0.2, 0.25) is 0 Å². The number of amides is 1. The molecular weight excluding hydrogens is 286 g/mol. The van der Waals surface area contributed by atoms with Crippen molar-refractivity contribution in [3.63, 3.8) is 0 Å². The second-order valence-corrected chi connectivity index (χ2v) is 6.81. The van der Waals surface area contributed by atoms with Crippen molar-refractivity contribution < 1.29 is 9.21 Å². The summed E-state index contributed by atoms with van der Waals surface area (Å²) >= 11 is 0. The first-order valence-electron chi connectivity index (χ1n) is 7.76. The number of furan rings is 1. The molecule has 0 unspecified atom stereocenters. The molecule has 0 saturated carbocycles. The lowest BCUT2D eigenvalue weighted by atomic mass is 9.93. The molecule has 3 heteroatoms. The second-order valence-electron chi connectivity index (χ2n) is 6.81. The Kier molecular flexibility index (Phi) is 3.72. The lowest BCUT2D eigenvalue weighted by Gasteiger charge is -2.13. The van der Waals surface area contributed by atoms with Crippen LogP contribution in [0.2, 0.25) is 0 Å². The molecule has 0 aliphatic heterocycles. The van der Waals surface area contributed by atoms with E-state index in [1.165, 1.54) is 0 Å². The largest absolute Gasteiger partial charge is 0.465 e. The highest BCUT2D eigenvalue weighted by molar-refractivity contribution is 6.09. The van der Waals surface area contributed by atoms with Gasteiger partial charge >= 0.3 is 0 Å². The van der Waals surface area contributed by atoms with E-state index in [1.807, 2.05) is 55.5 Å². The van der Waals surface area contributed by atoms with E-state index in [1.54, 1.807) is 0 Å². The molecule has 118 valence electrons. The summed E-state index contributed by atoms with van der Waals surface area (Å²) in [6, 6.07) is 15.7. The summed E-state index contributed by atoms with van der Waals surface area (Å²) in [5, 5.41) is 5.14. The molecule has 23 heavy (non-hydrogen) atoms. The lowest BCUT2D eigenvalue weighted by Crippen LogP contribution is -2.13. The molecule has 0 bridgehead atoms. The zero-order valence-corrected chi connectivity index (χ0v) is 13.9. The average Bonchev–Trinajstić information content (AvgIpc) is 2.90. The van der Waals surface area contributed by atoms with Gasteiger partial charge in [0, 0.05) is 16.5 Å². The molecule has 0 saturated heterocycles. The Morgan fingerprint density at radius 3 is 2.43 bits per heavy atom. The van der Waals surface area contributed by atoms with Crippen LogP contribution in [0, 0.1) is 6.92 Å². The molecule has 1 aromatic heterocycles. The van der Waals surface area contributed by atoms with Gasteiger partial charge in [0.15, 0.2) is 0 Å². The van der Waals surface area contributed by atoms with Crippen LogP contribution in [0.4, 0.5) is 5.69 Å². The van der Waals surface area contributed by atoms with E-state index in [-0.39, 0.29) is 11.3 Å². The molecule has 2 aromatic carbocycles. The fraction of sp³-hybridized carbons (Fsp3) is 0.250. The van der Waals surface area contributed by atoms with Crippen LogP contribution < -0.4 is 5.32 Å². The summed E-state index contributed by atoms with van der Waals surface area (Å²) in [4.78, 5) is 12.6. The van der Waals surface area contributed by atoms with E-state index in [0.717, 1.165) is 22.2 Å². The van der Waals surface area contributed by atoms with Crippen LogP contribution in [0.3, 0.4) is 0 Å². The van der Waals surface area contributed by atoms with Crippen LogP contribution in [-0.4, -0.2) is 5.91 Å². The number of aryl methyl sites for hydroxylation is 1. The number of anilines is 1. The van der Waals surface area contributed by atoms with Gasteiger partial charge in [-0.2, -0.15) is 0 Å². The summed E-state index contributed by atoms with van der Waals surface area (Å²) in [6.45, 7) is 8.03. The highest BCUT2D eigenvalue weighted by Gasteiger charge is 2.23. The third-order valence-corrected chi connectivity index (χ3v) is 3.94. The quantitative estimate of drug-likeness (QED) is 0.699. The third kappa shape index (κ3) is 3.00. The highest BCUT2D eigenvalue weighted by atomic mass is 16.3. The summed E-state index contributed by atoms with van der Waals surface area (Å²) in [5.74, 6) is 1.32. The summed E-state index contributed by atoms with van der Waals surface area (Å²) in [6.07, 6.45) is 0. The Balaban J connectivity index is 1.94. The first kappa shape index (κ1) is 15.3. The van der Waals surface area contributed by atoms with E-state index in [9.17, 15) is 4.79 Å². The minimum atomic E-state index is -0.141. The maximum atomic E-state index is 12.6. The fourth-order valence-corrected chi connectivity index (χ4v) is 2.60. The molecule has 1 heterocycles. The van der Waals surface area contributed by atoms with Crippen molar-refractivity contribution in [1.82, 2.24) is 0 Å². The molecule has 0 spiro atoms. The van der Waals surface area contributed by atoms with Crippen molar-refractivity contribution in [2.45, 2.75) is 33.1 Å². The standard InChI is InChI=1S/C20H21NO2/c1-13-16(12-18(23-13)20(2,3)4)19(22)21-17-11-7-9-14-8-5-6-10-15(14)17/h5-12H,1-4H3,(H,21,22). The van der Waals surface area contributed by atoms with Crippen LogP contribution >= 0.6 is 0 Å². The van der Waals surface area contributed by atoms with Gasteiger partial charge in [-0.25, -0.2) is 0 Å². The number of benzene rings is 2. The van der Waals surface area contributed by atoms with Crippen LogP contribution in [0.1, 0.15) is 42.6 Å². The Bertz CT molecular complexity index is 863. The zero-order valence-electron chi connectivity index (χ0n) is 13.9. The van der Waals surface area contributed by atoms with Crippen molar-refractivity contribution in [3.05, 3.63) is 65.6 Å². The van der Waals surface area contributed by atoms with Crippen molar-refractivity contribution in [2.75, 3.05) is 5.32 Å². The molecule has 3 nitrogen and oxygen atoms in total. The molecule has 1 amide bonds. The molecule has 3 aromatic rings. The minimum absolute atomic E-state index is 0.122. The van der Waals surface area contributed by atoms with Crippen molar-refractivity contribution in [2.24, 2.45) is 0 Å². The molecule has 1 N–H and O–H groups in total. The predicted octanol–water partition coefficient (Wildman–Crippen LogP) is 5.29. The van der Waals surface area contributed by atoms with Gasteiger partial charge in [-0.1, -0.05) is 57.2 Å². The fourth-order valence-electron chi connectivity index (χ4n) is 2.60. The molecule has 0 atom stereocenters. The monoisotopic (exact) mass is 307 g/mol. The van der Waals surface area contributed by atoms with Gasteiger partial charge in [-0.05, 0) is 24.4 Å².